The van der Waals surface area contributed by atoms with Crippen molar-refractivity contribution in [1.82, 2.24) is 10.3 Å². The van der Waals surface area contributed by atoms with E-state index >= 15 is 0 Å². The second kappa shape index (κ2) is 6.49. The third-order valence-electron chi connectivity index (χ3n) is 2.41. The van der Waals surface area contributed by atoms with Crippen LogP contribution in [0.2, 0.25) is 0 Å². The van der Waals surface area contributed by atoms with Crippen LogP contribution in [0.4, 0.5) is 4.39 Å². The Hall–Kier alpha value is -2.43. The van der Waals surface area contributed by atoms with Crippen LogP contribution in [0.3, 0.4) is 0 Å². The lowest BCUT2D eigenvalue weighted by molar-refractivity contribution is -0.123. The van der Waals surface area contributed by atoms with Gasteiger partial charge in [0.25, 0.3) is 5.91 Å². The Morgan fingerprint density at radius 2 is 2.05 bits per heavy atom. The normalized spacial score (nSPS) is 9.95. The van der Waals surface area contributed by atoms with Crippen LogP contribution in [-0.4, -0.2) is 17.5 Å². The number of carbonyl (C=O) groups excluding carboxylic acids is 1. The first kappa shape index (κ1) is 13.0. The average Bonchev–Trinajstić information content (AvgIpc) is 2.44. The standard InChI is InChI=1S/C14H13FN2O2/c15-12-2-1-3-13(8-12)19-10-14(18)17-9-11-4-6-16-7-5-11/h1-8H,9-10H2,(H,17,18). The number of benzene rings is 1. The van der Waals surface area contributed by atoms with E-state index in [-0.39, 0.29) is 12.5 Å². The zero-order chi connectivity index (χ0) is 13.5. The van der Waals surface area contributed by atoms with Gasteiger partial charge in [0, 0.05) is 25.0 Å². The molecule has 0 aliphatic carbocycles. The minimum Gasteiger partial charge on any atom is -0.484 e. The molecule has 1 aromatic heterocycles. The molecule has 0 bridgehead atoms. The molecule has 0 spiro atoms. The van der Waals surface area contributed by atoms with Crippen LogP contribution >= 0.6 is 0 Å². The van der Waals surface area contributed by atoms with Crippen LogP contribution in [0.25, 0.3) is 0 Å². The first-order valence-corrected chi connectivity index (χ1v) is 5.78. The summed E-state index contributed by atoms with van der Waals surface area (Å²) < 4.78 is 18.0. The van der Waals surface area contributed by atoms with Crippen molar-refractivity contribution < 1.29 is 13.9 Å². The first-order valence-electron chi connectivity index (χ1n) is 5.78. The number of amides is 1. The second-order valence-corrected chi connectivity index (χ2v) is 3.88. The maximum absolute atomic E-state index is 12.9. The quantitative estimate of drug-likeness (QED) is 0.893. The smallest absolute Gasteiger partial charge is 0.258 e. The molecule has 0 unspecified atom stereocenters. The van der Waals surface area contributed by atoms with E-state index < -0.39 is 5.82 Å². The molecule has 2 rings (SSSR count). The molecule has 2 aromatic rings. The number of hydrogen-bond acceptors (Lipinski definition) is 3. The Labute approximate surface area is 110 Å². The lowest BCUT2D eigenvalue weighted by atomic mass is 10.3. The summed E-state index contributed by atoms with van der Waals surface area (Å²) in [7, 11) is 0. The van der Waals surface area contributed by atoms with Crippen molar-refractivity contribution in [3.05, 3.63) is 60.2 Å². The summed E-state index contributed by atoms with van der Waals surface area (Å²) in [6.07, 6.45) is 3.31. The van der Waals surface area contributed by atoms with Crippen molar-refractivity contribution in [3.8, 4) is 5.75 Å². The number of halogens is 1. The minimum atomic E-state index is -0.394. The van der Waals surface area contributed by atoms with Crippen LogP contribution in [0.5, 0.6) is 5.75 Å². The van der Waals surface area contributed by atoms with Gasteiger partial charge in [-0.1, -0.05) is 6.07 Å². The van der Waals surface area contributed by atoms with E-state index in [0.29, 0.717) is 12.3 Å². The van der Waals surface area contributed by atoms with Gasteiger partial charge < -0.3 is 10.1 Å². The van der Waals surface area contributed by atoms with Crippen LogP contribution in [0, 0.1) is 5.82 Å². The van der Waals surface area contributed by atoms with Gasteiger partial charge in [-0.3, -0.25) is 9.78 Å². The van der Waals surface area contributed by atoms with E-state index in [1.54, 1.807) is 18.5 Å². The van der Waals surface area contributed by atoms with E-state index in [4.69, 9.17) is 4.74 Å². The molecule has 1 heterocycles. The topological polar surface area (TPSA) is 51.2 Å². The number of carbonyl (C=O) groups is 1. The van der Waals surface area contributed by atoms with Crippen molar-refractivity contribution >= 4 is 5.91 Å². The third-order valence-corrected chi connectivity index (χ3v) is 2.41. The lowest BCUT2D eigenvalue weighted by Crippen LogP contribution is -2.28. The predicted octanol–water partition coefficient (Wildman–Crippen LogP) is 1.92. The second-order valence-electron chi connectivity index (χ2n) is 3.88. The SMILES string of the molecule is O=C(COc1cccc(F)c1)NCc1ccncc1. The van der Waals surface area contributed by atoms with Gasteiger partial charge in [0.05, 0.1) is 0 Å². The number of rotatable bonds is 5. The number of aromatic nitrogens is 1. The van der Waals surface area contributed by atoms with Crippen LogP contribution in [0.15, 0.2) is 48.8 Å². The monoisotopic (exact) mass is 260 g/mol. The third kappa shape index (κ3) is 4.39. The maximum atomic E-state index is 12.9. The fourth-order valence-electron chi connectivity index (χ4n) is 1.46. The molecule has 19 heavy (non-hydrogen) atoms. The highest BCUT2D eigenvalue weighted by Gasteiger charge is 2.03. The molecule has 0 fully saturated rings. The minimum absolute atomic E-state index is 0.144. The number of ether oxygens (including phenoxy) is 1. The highest BCUT2D eigenvalue weighted by Crippen LogP contribution is 2.11. The zero-order valence-corrected chi connectivity index (χ0v) is 10.2. The molecule has 0 aliphatic rings. The van der Waals surface area contributed by atoms with E-state index in [9.17, 15) is 9.18 Å². The van der Waals surface area contributed by atoms with Crippen molar-refractivity contribution in [2.24, 2.45) is 0 Å². The molecule has 0 saturated heterocycles. The maximum Gasteiger partial charge on any atom is 0.258 e. The van der Waals surface area contributed by atoms with E-state index in [2.05, 4.69) is 10.3 Å². The van der Waals surface area contributed by atoms with Gasteiger partial charge in [0.2, 0.25) is 0 Å². The van der Waals surface area contributed by atoms with Gasteiger partial charge >= 0.3 is 0 Å². The van der Waals surface area contributed by atoms with Gasteiger partial charge in [0.15, 0.2) is 6.61 Å². The Morgan fingerprint density at radius 1 is 1.26 bits per heavy atom. The predicted molar refractivity (Wildman–Crippen MR) is 68.0 cm³/mol. The fraction of sp³-hybridized carbons (Fsp3) is 0.143. The van der Waals surface area contributed by atoms with Crippen LogP contribution in [0.1, 0.15) is 5.56 Å². The highest BCUT2D eigenvalue weighted by molar-refractivity contribution is 5.77. The molecule has 5 heteroatoms. The number of nitrogens with zero attached hydrogens (tertiary/aromatic N) is 1. The number of nitrogens with one attached hydrogen (secondary N) is 1. The van der Waals surface area contributed by atoms with E-state index in [1.165, 1.54) is 18.2 Å². The van der Waals surface area contributed by atoms with Gasteiger partial charge in [-0.15, -0.1) is 0 Å². The summed E-state index contributed by atoms with van der Waals surface area (Å²) >= 11 is 0. The number of hydrogen-bond donors (Lipinski definition) is 1. The molecule has 4 nitrogen and oxygen atoms in total. The van der Waals surface area contributed by atoms with Gasteiger partial charge in [-0.05, 0) is 29.8 Å². The Bertz CT molecular complexity index is 546. The largest absolute Gasteiger partial charge is 0.484 e. The van der Waals surface area contributed by atoms with Gasteiger partial charge in [-0.2, -0.15) is 0 Å². The van der Waals surface area contributed by atoms with E-state index in [0.717, 1.165) is 5.56 Å². The Kier molecular flexibility index (Phi) is 4.44. The first-order chi connectivity index (χ1) is 9.24. The molecule has 0 atom stereocenters. The average molecular weight is 260 g/mol. The summed E-state index contributed by atoms with van der Waals surface area (Å²) in [4.78, 5) is 15.4. The summed E-state index contributed by atoms with van der Waals surface area (Å²) in [5.74, 6) is -0.324. The summed E-state index contributed by atoms with van der Waals surface area (Å²) in [5.41, 5.74) is 0.953. The lowest BCUT2D eigenvalue weighted by Gasteiger charge is -2.07. The van der Waals surface area contributed by atoms with Crippen molar-refractivity contribution in [3.63, 3.8) is 0 Å². The highest BCUT2D eigenvalue weighted by atomic mass is 19.1. The summed E-state index contributed by atoms with van der Waals surface area (Å²) in [5, 5.41) is 2.70. The summed E-state index contributed by atoms with van der Waals surface area (Å²) in [6.45, 7) is 0.266. The Balaban J connectivity index is 1.76. The molecule has 98 valence electrons. The molecule has 0 saturated carbocycles. The molecule has 1 aromatic carbocycles. The molecular formula is C14H13FN2O2. The fourth-order valence-corrected chi connectivity index (χ4v) is 1.46. The molecular weight excluding hydrogens is 247 g/mol. The summed E-state index contributed by atoms with van der Waals surface area (Å²) in [6, 6.07) is 9.30. The molecule has 0 aliphatic heterocycles. The van der Waals surface area contributed by atoms with Gasteiger partial charge in [-0.25, -0.2) is 4.39 Å². The van der Waals surface area contributed by atoms with Crippen molar-refractivity contribution in [2.45, 2.75) is 6.54 Å². The Morgan fingerprint density at radius 3 is 2.79 bits per heavy atom. The van der Waals surface area contributed by atoms with Gasteiger partial charge in [0.1, 0.15) is 11.6 Å². The molecule has 1 amide bonds. The number of pyridine rings is 1. The van der Waals surface area contributed by atoms with Crippen LogP contribution < -0.4 is 10.1 Å². The molecule has 0 radical (unpaired) electrons. The zero-order valence-electron chi connectivity index (χ0n) is 10.2. The molecule has 1 N–H and O–H groups in total. The van der Waals surface area contributed by atoms with Crippen LogP contribution in [-0.2, 0) is 11.3 Å². The van der Waals surface area contributed by atoms with Crippen molar-refractivity contribution in [1.29, 1.82) is 0 Å². The van der Waals surface area contributed by atoms with Crippen molar-refractivity contribution in [2.75, 3.05) is 6.61 Å². The van der Waals surface area contributed by atoms with E-state index in [1.807, 2.05) is 12.1 Å².